The van der Waals surface area contributed by atoms with Crippen molar-refractivity contribution < 1.29 is 4.79 Å². The van der Waals surface area contributed by atoms with E-state index < -0.39 is 0 Å². The Bertz CT molecular complexity index is 658. The topological polar surface area (TPSA) is 33.2 Å². The molecule has 1 heterocycles. The summed E-state index contributed by atoms with van der Waals surface area (Å²) in [7, 11) is 0. The van der Waals surface area contributed by atoms with Gasteiger partial charge in [0.15, 0.2) is 0 Å². The molecule has 0 spiro atoms. The molecule has 1 aromatic carbocycles. The third-order valence-corrected chi connectivity index (χ3v) is 5.20. The Kier molecular flexibility index (Phi) is 5.23. The van der Waals surface area contributed by atoms with Gasteiger partial charge in [0.25, 0.3) is 0 Å². The molecular weight excluding hydrogens is 328 g/mol. The number of amides is 1. The maximum atomic E-state index is 12.9. The molecule has 0 bridgehead atoms. The number of hydrogen-bond donors (Lipinski definition) is 0. The Balaban J connectivity index is 1.66. The van der Waals surface area contributed by atoms with E-state index in [2.05, 4.69) is 4.98 Å². The molecule has 1 atom stereocenters. The zero-order chi connectivity index (χ0) is 16.2. The number of hydrogen-bond acceptors (Lipinski definition) is 3. The lowest BCUT2D eigenvalue weighted by atomic mass is 10.2. The second-order valence-corrected chi connectivity index (χ2v) is 7.62. The molecule has 1 aliphatic carbocycles. The van der Waals surface area contributed by atoms with Crippen molar-refractivity contribution in [2.24, 2.45) is 0 Å². The van der Waals surface area contributed by atoms with E-state index in [1.165, 1.54) is 0 Å². The van der Waals surface area contributed by atoms with Gasteiger partial charge in [-0.15, -0.1) is 11.8 Å². The molecule has 23 heavy (non-hydrogen) atoms. The molecule has 1 saturated carbocycles. The van der Waals surface area contributed by atoms with E-state index in [0.717, 1.165) is 23.3 Å². The summed E-state index contributed by atoms with van der Waals surface area (Å²) in [5.41, 5.74) is 1.13. The molecule has 0 saturated heterocycles. The number of pyridine rings is 1. The molecule has 1 unspecified atom stereocenters. The Morgan fingerprint density at radius 3 is 2.52 bits per heavy atom. The minimum atomic E-state index is -0.112. The first-order chi connectivity index (χ1) is 11.1. The van der Waals surface area contributed by atoms with Crippen LogP contribution in [-0.2, 0) is 11.3 Å². The monoisotopic (exact) mass is 346 g/mol. The molecule has 0 radical (unpaired) electrons. The van der Waals surface area contributed by atoms with Crippen molar-refractivity contribution in [1.82, 2.24) is 9.88 Å². The molecular formula is C18H19ClN2OS. The first kappa shape index (κ1) is 16.3. The van der Waals surface area contributed by atoms with Crippen LogP contribution in [0.15, 0.2) is 53.7 Å². The highest BCUT2D eigenvalue weighted by atomic mass is 35.5. The van der Waals surface area contributed by atoms with Crippen LogP contribution in [0.5, 0.6) is 0 Å². The van der Waals surface area contributed by atoms with Gasteiger partial charge in [0.2, 0.25) is 5.91 Å². The van der Waals surface area contributed by atoms with Crippen molar-refractivity contribution in [3.63, 3.8) is 0 Å². The first-order valence-corrected chi connectivity index (χ1v) is 9.01. The average molecular weight is 347 g/mol. The number of halogens is 1. The van der Waals surface area contributed by atoms with E-state index in [9.17, 15) is 4.79 Å². The molecule has 1 aliphatic rings. The predicted octanol–water partition coefficient (Wildman–Crippen LogP) is 4.41. The Morgan fingerprint density at radius 2 is 1.91 bits per heavy atom. The van der Waals surface area contributed by atoms with E-state index in [-0.39, 0.29) is 11.2 Å². The fourth-order valence-electron chi connectivity index (χ4n) is 2.46. The summed E-state index contributed by atoms with van der Waals surface area (Å²) in [6.45, 7) is 2.64. The second kappa shape index (κ2) is 7.37. The lowest BCUT2D eigenvalue weighted by Gasteiger charge is -2.25. The summed E-state index contributed by atoms with van der Waals surface area (Å²) in [5, 5.41) is 0.601. The van der Waals surface area contributed by atoms with Crippen LogP contribution >= 0.6 is 23.4 Å². The van der Waals surface area contributed by atoms with Crippen LogP contribution in [0.4, 0.5) is 0 Å². The minimum absolute atomic E-state index is 0.112. The highest BCUT2D eigenvalue weighted by molar-refractivity contribution is 8.00. The number of carbonyl (C=O) groups is 1. The molecule has 1 amide bonds. The summed E-state index contributed by atoms with van der Waals surface area (Å²) in [4.78, 5) is 20.0. The summed E-state index contributed by atoms with van der Waals surface area (Å²) in [6, 6.07) is 12.0. The number of thioether (sulfide) groups is 1. The van der Waals surface area contributed by atoms with Gasteiger partial charge < -0.3 is 4.90 Å². The Morgan fingerprint density at radius 1 is 1.26 bits per heavy atom. The molecule has 3 nitrogen and oxygen atoms in total. The number of nitrogens with zero attached hydrogens (tertiary/aromatic N) is 2. The van der Waals surface area contributed by atoms with Gasteiger partial charge in [-0.2, -0.15) is 0 Å². The molecule has 5 heteroatoms. The van der Waals surface area contributed by atoms with Gasteiger partial charge in [-0.05, 0) is 61.7 Å². The van der Waals surface area contributed by atoms with Gasteiger partial charge in [0.1, 0.15) is 0 Å². The highest BCUT2D eigenvalue weighted by Crippen LogP contribution is 2.32. The third-order valence-electron chi connectivity index (χ3n) is 3.85. The van der Waals surface area contributed by atoms with E-state index in [4.69, 9.17) is 11.6 Å². The van der Waals surface area contributed by atoms with Gasteiger partial charge in [0, 0.05) is 34.9 Å². The minimum Gasteiger partial charge on any atom is -0.334 e. The van der Waals surface area contributed by atoms with Crippen molar-refractivity contribution in [3.8, 4) is 0 Å². The number of aromatic nitrogens is 1. The average Bonchev–Trinajstić information content (AvgIpc) is 3.40. The first-order valence-electron chi connectivity index (χ1n) is 7.75. The predicted molar refractivity (Wildman–Crippen MR) is 94.6 cm³/mol. The van der Waals surface area contributed by atoms with E-state index >= 15 is 0 Å². The van der Waals surface area contributed by atoms with Crippen LogP contribution in [0.3, 0.4) is 0 Å². The van der Waals surface area contributed by atoms with E-state index in [1.54, 1.807) is 24.2 Å². The van der Waals surface area contributed by atoms with Crippen LogP contribution in [0.2, 0.25) is 5.02 Å². The maximum absolute atomic E-state index is 12.9. The lowest BCUT2D eigenvalue weighted by Crippen LogP contribution is -2.37. The molecule has 1 fully saturated rings. The van der Waals surface area contributed by atoms with Crippen LogP contribution in [-0.4, -0.2) is 27.1 Å². The largest absolute Gasteiger partial charge is 0.334 e. The van der Waals surface area contributed by atoms with Gasteiger partial charge in [-0.1, -0.05) is 11.6 Å². The normalized spacial score (nSPS) is 15.2. The summed E-state index contributed by atoms with van der Waals surface area (Å²) in [6.07, 6.45) is 5.76. The Hall–Kier alpha value is -1.52. The van der Waals surface area contributed by atoms with Crippen molar-refractivity contribution in [3.05, 3.63) is 59.4 Å². The van der Waals surface area contributed by atoms with Crippen molar-refractivity contribution in [1.29, 1.82) is 0 Å². The van der Waals surface area contributed by atoms with Crippen molar-refractivity contribution in [2.75, 3.05) is 0 Å². The zero-order valence-electron chi connectivity index (χ0n) is 13.0. The molecule has 1 aromatic heterocycles. The Labute approximate surface area is 146 Å². The number of rotatable bonds is 6. The van der Waals surface area contributed by atoms with E-state index in [1.807, 2.05) is 48.2 Å². The SMILES string of the molecule is CC(Sc1ccc(Cl)cc1)C(=O)N(Cc1ccncc1)C1CC1. The smallest absolute Gasteiger partial charge is 0.236 e. The standard InChI is InChI=1S/C18H19ClN2OS/c1-13(23-17-6-2-15(19)3-7-17)18(22)21(16-4-5-16)12-14-8-10-20-11-9-14/h2-3,6-11,13,16H,4-5,12H2,1H3. The molecule has 120 valence electrons. The van der Waals surface area contributed by atoms with Crippen molar-refractivity contribution >= 4 is 29.3 Å². The van der Waals surface area contributed by atoms with E-state index in [0.29, 0.717) is 17.6 Å². The second-order valence-electron chi connectivity index (χ2n) is 5.77. The van der Waals surface area contributed by atoms with Gasteiger partial charge in [-0.3, -0.25) is 9.78 Å². The molecule has 2 aromatic rings. The fraction of sp³-hybridized carbons (Fsp3) is 0.333. The summed E-state index contributed by atoms with van der Waals surface area (Å²) < 4.78 is 0. The van der Waals surface area contributed by atoms with Crippen LogP contribution in [0.25, 0.3) is 0 Å². The highest BCUT2D eigenvalue weighted by Gasteiger charge is 2.34. The van der Waals surface area contributed by atoms with Crippen molar-refractivity contribution in [2.45, 2.75) is 42.5 Å². The van der Waals surface area contributed by atoms with Gasteiger partial charge in [-0.25, -0.2) is 0 Å². The van der Waals surface area contributed by atoms with Crippen LogP contribution in [0, 0.1) is 0 Å². The van der Waals surface area contributed by atoms with Gasteiger partial charge >= 0.3 is 0 Å². The molecule has 0 aliphatic heterocycles. The number of benzene rings is 1. The lowest BCUT2D eigenvalue weighted by molar-refractivity contribution is -0.131. The van der Waals surface area contributed by atoms with Crippen LogP contribution < -0.4 is 0 Å². The maximum Gasteiger partial charge on any atom is 0.236 e. The van der Waals surface area contributed by atoms with Crippen LogP contribution in [0.1, 0.15) is 25.3 Å². The van der Waals surface area contributed by atoms with Gasteiger partial charge in [0.05, 0.1) is 5.25 Å². The third kappa shape index (κ3) is 4.49. The quantitative estimate of drug-likeness (QED) is 0.726. The summed E-state index contributed by atoms with van der Waals surface area (Å²) in [5.74, 6) is 0.198. The summed E-state index contributed by atoms with van der Waals surface area (Å²) >= 11 is 7.49. The fourth-order valence-corrected chi connectivity index (χ4v) is 3.52. The number of carbonyl (C=O) groups excluding carboxylic acids is 1. The molecule has 0 N–H and O–H groups in total. The molecule has 3 rings (SSSR count). The zero-order valence-corrected chi connectivity index (χ0v) is 14.6.